The van der Waals surface area contributed by atoms with Crippen LogP contribution >= 0.6 is 0 Å². The monoisotopic (exact) mass is 439 g/mol. The SMILES string of the molecule is CC(=NOCc1ncccc1N1C(=O)c2ccccc2C1=O)c1ccc(-c2nn[nH]n2)cc1. The van der Waals surface area contributed by atoms with Crippen molar-refractivity contribution in [3.63, 3.8) is 0 Å². The molecular formula is C23H17N7O3. The number of carbonyl (C=O) groups is 2. The first-order valence-corrected chi connectivity index (χ1v) is 10.1. The lowest BCUT2D eigenvalue weighted by Crippen LogP contribution is -2.30. The molecule has 0 saturated carbocycles. The van der Waals surface area contributed by atoms with Gasteiger partial charge in [-0.25, -0.2) is 4.90 Å². The average Bonchev–Trinajstić information content (AvgIpc) is 3.47. The third-order valence-electron chi connectivity index (χ3n) is 5.21. The van der Waals surface area contributed by atoms with Crippen molar-refractivity contribution in [1.82, 2.24) is 25.6 Å². The number of nitrogens with zero attached hydrogens (tertiary/aromatic N) is 6. The molecule has 10 heteroatoms. The highest BCUT2D eigenvalue weighted by molar-refractivity contribution is 6.34. The molecule has 3 heterocycles. The number of aromatic nitrogens is 5. The molecule has 0 spiro atoms. The molecule has 0 fully saturated rings. The molecule has 33 heavy (non-hydrogen) atoms. The second-order valence-electron chi connectivity index (χ2n) is 7.22. The Morgan fingerprint density at radius 3 is 2.39 bits per heavy atom. The topological polar surface area (TPSA) is 126 Å². The molecule has 2 amide bonds. The van der Waals surface area contributed by atoms with Crippen LogP contribution < -0.4 is 4.90 Å². The highest BCUT2D eigenvalue weighted by atomic mass is 16.6. The summed E-state index contributed by atoms with van der Waals surface area (Å²) in [5, 5.41) is 18.0. The Morgan fingerprint density at radius 2 is 1.73 bits per heavy atom. The van der Waals surface area contributed by atoms with E-state index in [0.29, 0.717) is 34.0 Å². The minimum atomic E-state index is -0.383. The second-order valence-corrected chi connectivity index (χ2v) is 7.22. The number of nitrogens with one attached hydrogen (secondary N) is 1. The highest BCUT2D eigenvalue weighted by Crippen LogP contribution is 2.30. The van der Waals surface area contributed by atoms with Crippen molar-refractivity contribution in [2.24, 2.45) is 5.16 Å². The van der Waals surface area contributed by atoms with Gasteiger partial charge in [0.2, 0.25) is 5.82 Å². The molecule has 0 radical (unpaired) electrons. The Bertz CT molecular complexity index is 1330. The van der Waals surface area contributed by atoms with Crippen molar-refractivity contribution >= 4 is 23.2 Å². The van der Waals surface area contributed by atoms with E-state index < -0.39 is 0 Å². The molecule has 2 aromatic carbocycles. The smallest absolute Gasteiger partial charge is 0.266 e. The van der Waals surface area contributed by atoms with Crippen molar-refractivity contribution in [2.45, 2.75) is 13.5 Å². The van der Waals surface area contributed by atoms with Crippen LogP contribution in [0.5, 0.6) is 0 Å². The van der Waals surface area contributed by atoms with E-state index in [9.17, 15) is 9.59 Å². The fourth-order valence-corrected chi connectivity index (χ4v) is 3.54. The lowest BCUT2D eigenvalue weighted by atomic mass is 10.1. The Hall–Kier alpha value is -4.73. The van der Waals surface area contributed by atoms with E-state index >= 15 is 0 Å². The van der Waals surface area contributed by atoms with Crippen molar-refractivity contribution in [3.05, 3.63) is 89.2 Å². The van der Waals surface area contributed by atoms with Crippen LogP contribution in [0.3, 0.4) is 0 Å². The molecule has 5 rings (SSSR count). The molecule has 0 unspecified atom stereocenters. The number of fused-ring (bicyclic) bond motifs is 1. The molecule has 1 aliphatic heterocycles. The van der Waals surface area contributed by atoms with E-state index in [-0.39, 0.29) is 18.4 Å². The maximum atomic E-state index is 12.8. The summed E-state index contributed by atoms with van der Waals surface area (Å²) in [5.41, 5.74) is 3.86. The first-order valence-electron chi connectivity index (χ1n) is 10.1. The number of oxime groups is 1. The number of amides is 2. The van der Waals surface area contributed by atoms with E-state index in [1.54, 1.807) is 42.6 Å². The Balaban J connectivity index is 1.32. The first kappa shape index (κ1) is 20.2. The zero-order valence-electron chi connectivity index (χ0n) is 17.5. The zero-order chi connectivity index (χ0) is 22.8. The van der Waals surface area contributed by atoms with Gasteiger partial charge in [0.15, 0.2) is 6.61 Å². The summed E-state index contributed by atoms with van der Waals surface area (Å²) in [6, 6.07) is 17.5. The van der Waals surface area contributed by atoms with Gasteiger partial charge in [-0.05, 0) is 42.0 Å². The van der Waals surface area contributed by atoms with Crippen LogP contribution in [-0.2, 0) is 11.4 Å². The molecular weight excluding hydrogens is 422 g/mol. The minimum absolute atomic E-state index is 0.0120. The summed E-state index contributed by atoms with van der Waals surface area (Å²) in [5.74, 6) is -0.263. The quantitative estimate of drug-likeness (QED) is 0.278. The van der Waals surface area contributed by atoms with Gasteiger partial charge in [-0.15, -0.1) is 10.2 Å². The van der Waals surface area contributed by atoms with Crippen molar-refractivity contribution in [3.8, 4) is 11.4 Å². The van der Waals surface area contributed by atoms with Crippen LogP contribution in [0, 0.1) is 0 Å². The number of carbonyl (C=O) groups excluding carboxylic acids is 2. The number of tetrazole rings is 1. The van der Waals surface area contributed by atoms with Crippen LogP contribution in [0.25, 0.3) is 11.4 Å². The first-order chi connectivity index (χ1) is 16.1. The normalized spacial score (nSPS) is 13.4. The third kappa shape index (κ3) is 3.74. The lowest BCUT2D eigenvalue weighted by molar-refractivity contribution is 0.0923. The predicted octanol–water partition coefficient (Wildman–Crippen LogP) is 3.00. The van der Waals surface area contributed by atoms with Gasteiger partial charge in [0, 0.05) is 11.8 Å². The van der Waals surface area contributed by atoms with Crippen LogP contribution in [0.2, 0.25) is 0 Å². The second kappa shape index (κ2) is 8.42. The molecule has 2 aromatic heterocycles. The zero-order valence-corrected chi connectivity index (χ0v) is 17.5. The van der Waals surface area contributed by atoms with E-state index in [1.807, 2.05) is 31.2 Å². The Labute approximate surface area is 187 Å². The third-order valence-corrected chi connectivity index (χ3v) is 5.21. The fourth-order valence-electron chi connectivity index (χ4n) is 3.54. The summed E-state index contributed by atoms with van der Waals surface area (Å²) in [7, 11) is 0. The van der Waals surface area contributed by atoms with E-state index in [0.717, 1.165) is 16.0 Å². The summed E-state index contributed by atoms with van der Waals surface area (Å²) in [6.45, 7) is 1.80. The van der Waals surface area contributed by atoms with Gasteiger partial charge in [-0.2, -0.15) is 5.21 Å². The van der Waals surface area contributed by atoms with Crippen molar-refractivity contribution < 1.29 is 14.4 Å². The molecule has 0 aliphatic carbocycles. The van der Waals surface area contributed by atoms with Crippen LogP contribution in [0.1, 0.15) is 38.9 Å². The minimum Gasteiger partial charge on any atom is -0.389 e. The van der Waals surface area contributed by atoms with E-state index in [2.05, 4.69) is 30.8 Å². The number of H-pyrrole nitrogens is 1. The van der Waals surface area contributed by atoms with Gasteiger partial charge in [-0.3, -0.25) is 14.6 Å². The number of aromatic amines is 1. The van der Waals surface area contributed by atoms with Gasteiger partial charge in [0.25, 0.3) is 11.8 Å². The summed E-state index contributed by atoms with van der Waals surface area (Å²) in [6.07, 6.45) is 1.58. The maximum absolute atomic E-state index is 12.8. The predicted molar refractivity (Wildman–Crippen MR) is 118 cm³/mol. The van der Waals surface area contributed by atoms with Gasteiger partial charge in [0.1, 0.15) is 5.69 Å². The number of anilines is 1. The number of hydrogen-bond donors (Lipinski definition) is 1. The van der Waals surface area contributed by atoms with Crippen LogP contribution in [0.15, 0.2) is 72.0 Å². The Morgan fingerprint density at radius 1 is 1.00 bits per heavy atom. The molecule has 1 aliphatic rings. The molecule has 0 saturated heterocycles. The van der Waals surface area contributed by atoms with Crippen LogP contribution in [0.4, 0.5) is 5.69 Å². The summed E-state index contributed by atoms with van der Waals surface area (Å²) >= 11 is 0. The fraction of sp³-hybridized carbons (Fsp3) is 0.0870. The van der Waals surface area contributed by atoms with Gasteiger partial charge in [-0.1, -0.05) is 41.6 Å². The highest BCUT2D eigenvalue weighted by Gasteiger charge is 2.37. The standard InChI is InChI=1S/C23H17N7O3/c1-14(15-8-10-16(11-9-15)21-25-28-29-26-21)27-33-13-19-20(7-4-12-24-19)30-22(31)17-5-2-3-6-18(17)23(30)32/h2-12H,13H2,1H3,(H,25,26,28,29). The van der Waals surface area contributed by atoms with Crippen molar-refractivity contribution in [1.29, 1.82) is 0 Å². The molecule has 1 N–H and O–H groups in total. The number of imide groups is 1. The van der Waals surface area contributed by atoms with E-state index in [1.165, 1.54) is 0 Å². The van der Waals surface area contributed by atoms with Gasteiger partial charge >= 0.3 is 0 Å². The van der Waals surface area contributed by atoms with Crippen LogP contribution in [-0.4, -0.2) is 43.1 Å². The van der Waals surface area contributed by atoms with Gasteiger partial charge in [0.05, 0.1) is 22.5 Å². The van der Waals surface area contributed by atoms with Gasteiger partial charge < -0.3 is 4.84 Å². The van der Waals surface area contributed by atoms with E-state index in [4.69, 9.17) is 4.84 Å². The molecule has 10 nitrogen and oxygen atoms in total. The molecule has 0 atom stereocenters. The summed E-state index contributed by atoms with van der Waals surface area (Å²) in [4.78, 5) is 36.6. The maximum Gasteiger partial charge on any atom is 0.266 e. The molecule has 162 valence electrons. The molecule has 4 aromatic rings. The summed E-state index contributed by atoms with van der Waals surface area (Å²) < 4.78 is 0. The number of benzene rings is 2. The lowest BCUT2D eigenvalue weighted by Gasteiger charge is -2.16. The number of rotatable bonds is 6. The molecule has 0 bridgehead atoms. The number of hydrogen-bond acceptors (Lipinski definition) is 8. The number of pyridine rings is 1. The average molecular weight is 439 g/mol. The largest absolute Gasteiger partial charge is 0.389 e. The van der Waals surface area contributed by atoms with Crippen molar-refractivity contribution in [2.75, 3.05) is 4.90 Å². The Kier molecular flexibility index (Phi) is 5.15.